The summed E-state index contributed by atoms with van der Waals surface area (Å²) >= 11 is 0. The van der Waals surface area contributed by atoms with Gasteiger partial charge in [0.1, 0.15) is 0 Å². The fourth-order valence-electron chi connectivity index (χ4n) is 10.9. The zero-order valence-corrected chi connectivity index (χ0v) is 30.6. The molecule has 13 heteroatoms. The Morgan fingerprint density at radius 2 is 1.42 bits per heavy atom. The zero-order valence-electron chi connectivity index (χ0n) is 30.6. The largest absolute Gasteiger partial charge is 0.471 e. The molecule has 5 N–H and O–H groups in total. The summed E-state index contributed by atoms with van der Waals surface area (Å²) in [6.07, 6.45) is 1.13. The van der Waals surface area contributed by atoms with Gasteiger partial charge in [0.15, 0.2) is 0 Å². The lowest BCUT2D eigenvalue weighted by atomic mass is 9.42. The number of para-hydroxylation sites is 2. The van der Waals surface area contributed by atoms with Gasteiger partial charge in [-0.15, -0.1) is 0 Å². The highest BCUT2D eigenvalue weighted by molar-refractivity contribution is 5.90. The Labute approximate surface area is 309 Å². The molecule has 288 valence electrons. The number of alkyl halides is 3. The number of halogens is 3. The molecule has 5 amide bonds. The molecule has 10 atom stereocenters. The van der Waals surface area contributed by atoms with E-state index in [1.807, 2.05) is 48.5 Å². The van der Waals surface area contributed by atoms with Crippen molar-refractivity contribution in [3.63, 3.8) is 0 Å². The Morgan fingerprint density at radius 3 is 2.02 bits per heavy atom. The summed E-state index contributed by atoms with van der Waals surface area (Å²) in [4.78, 5) is 51.5. The average molecular weight is 740 g/mol. The van der Waals surface area contributed by atoms with E-state index in [0.29, 0.717) is 56.3 Å². The Kier molecular flexibility index (Phi) is 11.3. The molecule has 4 aliphatic carbocycles. The van der Waals surface area contributed by atoms with Gasteiger partial charge >= 0.3 is 30.1 Å². The molecule has 0 radical (unpaired) electrons. The fraction of sp³-hybridized carbons (Fsp3) is 0.600. The standard InChI is InChI=1S/C40H52F3N5O5/c1-38-20-19-28(44-35(50)40(41,42)43)21-25(38)22-31(47-36(51)45-26-12-6-4-7-13-26)34-29-18-17-24(11-10-16-33(49)53-3)39(29,2)32(23-30(34)38)48-37(52)46-27-14-8-5-9-15-27/h4-9,12-15,24-25,28-32,34H,10-11,16-23H2,1-3H3,(H,44,50)(H2,45,47,51)(H2,46,48,52)/t24-,25-,28?,29-,30-,31?,32?,34-,38-,39+/m0/s1. The van der Waals surface area contributed by atoms with E-state index in [1.165, 1.54) is 7.11 Å². The first-order valence-electron chi connectivity index (χ1n) is 18.9. The Hall–Kier alpha value is -4.29. The van der Waals surface area contributed by atoms with Crippen LogP contribution in [0, 0.1) is 40.4 Å². The highest BCUT2D eigenvalue weighted by Gasteiger charge is 2.66. The molecule has 0 heterocycles. The third kappa shape index (κ3) is 8.13. The molecule has 0 bridgehead atoms. The lowest BCUT2D eigenvalue weighted by Gasteiger charge is -2.65. The van der Waals surface area contributed by atoms with Crippen molar-refractivity contribution in [3.05, 3.63) is 60.7 Å². The molecule has 10 nitrogen and oxygen atoms in total. The molecular weight excluding hydrogens is 687 g/mol. The van der Waals surface area contributed by atoms with Crippen molar-refractivity contribution in [2.75, 3.05) is 17.7 Å². The van der Waals surface area contributed by atoms with Crippen molar-refractivity contribution in [2.24, 2.45) is 40.4 Å². The number of carbonyl (C=O) groups is 4. The van der Waals surface area contributed by atoms with Crippen LogP contribution in [0.15, 0.2) is 60.7 Å². The number of nitrogens with one attached hydrogen (secondary N) is 5. The number of rotatable bonds is 9. The van der Waals surface area contributed by atoms with E-state index >= 15 is 0 Å². The molecule has 4 saturated carbocycles. The smallest absolute Gasteiger partial charge is 0.469 e. The Balaban J connectivity index is 1.33. The van der Waals surface area contributed by atoms with Crippen molar-refractivity contribution < 1.29 is 37.1 Å². The summed E-state index contributed by atoms with van der Waals surface area (Å²) in [7, 11) is 1.39. The summed E-state index contributed by atoms with van der Waals surface area (Å²) < 4.78 is 44.8. The van der Waals surface area contributed by atoms with Gasteiger partial charge in [-0.2, -0.15) is 13.2 Å². The second-order valence-electron chi connectivity index (χ2n) is 16.1. The van der Waals surface area contributed by atoms with Crippen LogP contribution in [-0.4, -0.2) is 55.4 Å². The summed E-state index contributed by atoms with van der Waals surface area (Å²) in [5, 5.41) is 14.9. The summed E-state index contributed by atoms with van der Waals surface area (Å²) in [5.41, 5.74) is 0.628. The van der Waals surface area contributed by atoms with Crippen LogP contribution < -0.4 is 26.6 Å². The second kappa shape index (κ2) is 15.6. The van der Waals surface area contributed by atoms with Crippen molar-refractivity contribution in [2.45, 2.75) is 102 Å². The first kappa shape index (κ1) is 38.4. The van der Waals surface area contributed by atoms with E-state index in [9.17, 15) is 32.3 Å². The molecule has 0 aromatic heterocycles. The maximum absolute atomic E-state index is 13.7. The number of carbonyl (C=O) groups excluding carboxylic acids is 4. The molecular formula is C40H52F3N5O5. The topological polar surface area (TPSA) is 138 Å². The van der Waals surface area contributed by atoms with Gasteiger partial charge in [-0.05, 0) is 122 Å². The van der Waals surface area contributed by atoms with Gasteiger partial charge < -0.3 is 31.3 Å². The summed E-state index contributed by atoms with van der Waals surface area (Å²) in [6.45, 7) is 4.49. The number of benzene rings is 2. The lowest BCUT2D eigenvalue weighted by molar-refractivity contribution is -0.176. The summed E-state index contributed by atoms with van der Waals surface area (Å²) in [6, 6.07) is 16.5. The first-order valence-corrected chi connectivity index (χ1v) is 18.9. The predicted octanol–water partition coefficient (Wildman–Crippen LogP) is 7.64. The number of hydrogen-bond donors (Lipinski definition) is 5. The van der Waals surface area contributed by atoms with Crippen LogP contribution >= 0.6 is 0 Å². The lowest BCUT2D eigenvalue weighted by Crippen LogP contribution is -2.67. The minimum absolute atomic E-state index is 0.0245. The van der Waals surface area contributed by atoms with Crippen LogP contribution in [0.5, 0.6) is 0 Å². The van der Waals surface area contributed by atoms with Gasteiger partial charge in [0.25, 0.3) is 0 Å². The van der Waals surface area contributed by atoms with Crippen LogP contribution in [0.4, 0.5) is 34.1 Å². The number of hydrogen-bond acceptors (Lipinski definition) is 5. The van der Waals surface area contributed by atoms with Crippen molar-refractivity contribution in [1.82, 2.24) is 16.0 Å². The number of esters is 1. The van der Waals surface area contributed by atoms with E-state index in [2.05, 4.69) is 40.4 Å². The fourth-order valence-corrected chi connectivity index (χ4v) is 10.9. The predicted molar refractivity (Wildman–Crippen MR) is 195 cm³/mol. The molecule has 53 heavy (non-hydrogen) atoms. The molecule has 4 fully saturated rings. The third-order valence-corrected chi connectivity index (χ3v) is 13.5. The van der Waals surface area contributed by atoms with Crippen molar-refractivity contribution in [3.8, 4) is 0 Å². The molecule has 0 saturated heterocycles. The third-order valence-electron chi connectivity index (χ3n) is 13.5. The quantitative estimate of drug-likeness (QED) is 0.169. The van der Waals surface area contributed by atoms with E-state index in [1.54, 1.807) is 12.1 Å². The molecule has 2 aromatic carbocycles. The zero-order chi connectivity index (χ0) is 38.0. The van der Waals surface area contributed by atoms with Crippen LogP contribution in [-0.2, 0) is 14.3 Å². The molecule has 0 aliphatic heterocycles. The van der Waals surface area contributed by atoms with Gasteiger partial charge in [-0.3, -0.25) is 9.59 Å². The molecule has 2 aromatic rings. The van der Waals surface area contributed by atoms with Gasteiger partial charge in [0.2, 0.25) is 0 Å². The second-order valence-corrected chi connectivity index (χ2v) is 16.1. The van der Waals surface area contributed by atoms with E-state index < -0.39 is 18.1 Å². The normalized spacial score (nSPS) is 33.2. The summed E-state index contributed by atoms with van der Waals surface area (Å²) in [5.74, 6) is -1.91. The maximum Gasteiger partial charge on any atom is 0.471 e. The van der Waals surface area contributed by atoms with Crippen LogP contribution in [0.25, 0.3) is 0 Å². The minimum atomic E-state index is -4.97. The molecule has 6 rings (SSSR count). The van der Waals surface area contributed by atoms with Crippen molar-refractivity contribution >= 4 is 35.3 Å². The van der Waals surface area contributed by atoms with Gasteiger partial charge in [0.05, 0.1) is 7.11 Å². The molecule has 3 unspecified atom stereocenters. The Bertz CT molecular complexity index is 1630. The van der Waals surface area contributed by atoms with Crippen LogP contribution in [0.1, 0.15) is 78.1 Å². The van der Waals surface area contributed by atoms with Crippen LogP contribution in [0.3, 0.4) is 0 Å². The van der Waals surface area contributed by atoms with Gasteiger partial charge in [-0.1, -0.05) is 50.2 Å². The number of amides is 5. The van der Waals surface area contributed by atoms with Crippen molar-refractivity contribution in [1.29, 1.82) is 0 Å². The van der Waals surface area contributed by atoms with E-state index in [-0.39, 0.29) is 70.5 Å². The highest BCUT2D eigenvalue weighted by atomic mass is 19.4. The van der Waals surface area contributed by atoms with Gasteiger partial charge in [-0.25, -0.2) is 9.59 Å². The molecule has 4 aliphatic rings. The Morgan fingerprint density at radius 1 is 0.792 bits per heavy atom. The van der Waals surface area contributed by atoms with E-state index in [4.69, 9.17) is 4.74 Å². The van der Waals surface area contributed by atoms with E-state index in [0.717, 1.165) is 19.3 Å². The average Bonchev–Trinajstić information content (AvgIpc) is 3.46. The number of urea groups is 2. The number of methoxy groups -OCH3 is 1. The molecule has 0 spiro atoms. The minimum Gasteiger partial charge on any atom is -0.469 e. The highest BCUT2D eigenvalue weighted by Crippen LogP contribution is 2.68. The van der Waals surface area contributed by atoms with Crippen LogP contribution in [0.2, 0.25) is 0 Å². The number of anilines is 2. The SMILES string of the molecule is COC(=O)CCC[C@H]1CC[C@H]2[C@@H]3C(NC(=O)Nc4ccccc4)C[C@@H]4CC(NC(=O)C(F)(F)F)CC[C@]4(C)[C@H]3CC(NC(=O)Nc3ccccc3)[C@]12C. The number of fused-ring (bicyclic) bond motifs is 5. The maximum atomic E-state index is 13.7. The monoisotopic (exact) mass is 739 g/mol. The number of ether oxygens (including phenoxy) is 1. The first-order chi connectivity index (χ1) is 25.2. The van der Waals surface area contributed by atoms with Gasteiger partial charge in [0, 0.05) is 35.9 Å².